The van der Waals surface area contributed by atoms with Crippen molar-refractivity contribution in [3.63, 3.8) is 0 Å². The molecule has 6 nitrogen and oxygen atoms in total. The first-order valence-electron chi connectivity index (χ1n) is 10.6. The van der Waals surface area contributed by atoms with E-state index in [2.05, 4.69) is 43.7 Å². The predicted octanol–water partition coefficient (Wildman–Crippen LogP) is 4.27. The fourth-order valence-corrected chi connectivity index (χ4v) is 4.80. The lowest BCUT2D eigenvalue weighted by Crippen LogP contribution is -2.44. The number of piperidine rings is 1. The molecule has 1 amide bonds. The topological polar surface area (TPSA) is 63.9 Å². The van der Waals surface area contributed by atoms with E-state index in [9.17, 15) is 4.79 Å². The van der Waals surface area contributed by atoms with Gasteiger partial charge in [0.15, 0.2) is 11.0 Å². The number of hydrogen-bond donors (Lipinski definition) is 0. The molecule has 7 heteroatoms. The van der Waals surface area contributed by atoms with Crippen LogP contribution in [0.1, 0.15) is 38.2 Å². The number of hydrogen-bond acceptors (Lipinski definition) is 5. The summed E-state index contributed by atoms with van der Waals surface area (Å²) in [6.07, 6.45) is 7.97. The number of benzene rings is 1. The highest BCUT2D eigenvalue weighted by Crippen LogP contribution is 2.26. The second-order valence-corrected chi connectivity index (χ2v) is 8.49. The van der Waals surface area contributed by atoms with Crippen molar-refractivity contribution in [3.8, 4) is 11.4 Å². The minimum absolute atomic E-state index is 0.200. The monoisotopic (exact) mass is 421 g/mol. The Kier molecular flexibility index (Phi) is 6.79. The predicted molar refractivity (Wildman–Crippen MR) is 119 cm³/mol. The molecule has 0 aliphatic carbocycles. The lowest BCUT2D eigenvalue weighted by atomic mass is 10.0. The van der Waals surface area contributed by atoms with Crippen LogP contribution in [0.5, 0.6) is 0 Å². The maximum Gasteiger partial charge on any atom is 0.233 e. The number of carbonyl (C=O) groups is 1. The van der Waals surface area contributed by atoms with E-state index >= 15 is 0 Å². The summed E-state index contributed by atoms with van der Waals surface area (Å²) in [6.45, 7) is 3.70. The second-order valence-electron chi connectivity index (χ2n) is 7.55. The van der Waals surface area contributed by atoms with Gasteiger partial charge in [-0.1, -0.05) is 49.0 Å². The zero-order valence-electron chi connectivity index (χ0n) is 17.3. The summed E-state index contributed by atoms with van der Waals surface area (Å²) in [7, 11) is 0. The molecule has 2 aromatic heterocycles. The van der Waals surface area contributed by atoms with Gasteiger partial charge in [-0.2, -0.15) is 0 Å². The molecule has 0 bridgehead atoms. The third kappa shape index (κ3) is 4.73. The molecular formula is C23H27N5OS. The third-order valence-electron chi connectivity index (χ3n) is 5.58. The van der Waals surface area contributed by atoms with Crippen LogP contribution in [0.25, 0.3) is 11.4 Å². The molecule has 30 heavy (non-hydrogen) atoms. The molecule has 1 aliphatic heterocycles. The van der Waals surface area contributed by atoms with Gasteiger partial charge in [0.25, 0.3) is 0 Å². The van der Waals surface area contributed by atoms with Gasteiger partial charge < -0.3 is 4.90 Å². The number of thioether (sulfide) groups is 1. The lowest BCUT2D eigenvalue weighted by Gasteiger charge is -2.35. The molecule has 4 rings (SSSR count). The number of likely N-dealkylation sites (tertiary alicyclic amines) is 1. The Labute approximate surface area is 181 Å². The molecule has 0 unspecified atom stereocenters. The largest absolute Gasteiger partial charge is 0.339 e. The molecule has 1 aromatic carbocycles. The Morgan fingerprint density at radius 1 is 1.10 bits per heavy atom. The highest BCUT2D eigenvalue weighted by atomic mass is 32.2. The zero-order valence-corrected chi connectivity index (χ0v) is 18.1. The summed E-state index contributed by atoms with van der Waals surface area (Å²) in [4.78, 5) is 19.1. The average molecular weight is 422 g/mol. The SMILES string of the molecule is CC[C@@H]1CCCCN1C(=O)CSc1nnc(-c2ccncc2)n1Cc1ccccc1. The third-order valence-corrected chi connectivity index (χ3v) is 6.53. The Morgan fingerprint density at radius 2 is 1.90 bits per heavy atom. The van der Waals surface area contributed by atoms with Crippen LogP contribution in [0, 0.1) is 0 Å². The van der Waals surface area contributed by atoms with Crippen molar-refractivity contribution in [1.82, 2.24) is 24.6 Å². The van der Waals surface area contributed by atoms with Gasteiger partial charge in [0.2, 0.25) is 5.91 Å². The molecule has 3 aromatic rings. The fourth-order valence-electron chi connectivity index (χ4n) is 3.98. The van der Waals surface area contributed by atoms with Gasteiger partial charge in [-0.3, -0.25) is 14.3 Å². The maximum atomic E-state index is 12.9. The molecule has 1 saturated heterocycles. The van der Waals surface area contributed by atoms with E-state index in [-0.39, 0.29) is 5.91 Å². The van der Waals surface area contributed by atoms with E-state index in [1.807, 2.05) is 30.3 Å². The molecule has 0 spiro atoms. The van der Waals surface area contributed by atoms with Crippen LogP contribution in [0.4, 0.5) is 0 Å². The van der Waals surface area contributed by atoms with Crippen LogP contribution in [-0.4, -0.2) is 48.9 Å². The van der Waals surface area contributed by atoms with Crippen LogP contribution in [0.15, 0.2) is 60.0 Å². The highest BCUT2D eigenvalue weighted by Gasteiger charge is 2.26. The first kappa shape index (κ1) is 20.6. The number of pyridine rings is 1. The Bertz CT molecular complexity index is 960. The van der Waals surface area contributed by atoms with Crippen LogP contribution in [-0.2, 0) is 11.3 Å². The maximum absolute atomic E-state index is 12.9. The van der Waals surface area contributed by atoms with Crippen LogP contribution < -0.4 is 0 Å². The summed E-state index contributed by atoms with van der Waals surface area (Å²) in [6, 6.07) is 14.5. The summed E-state index contributed by atoms with van der Waals surface area (Å²) >= 11 is 1.48. The quantitative estimate of drug-likeness (QED) is 0.533. The van der Waals surface area contributed by atoms with Gasteiger partial charge in [0.1, 0.15) is 0 Å². The van der Waals surface area contributed by atoms with Crippen LogP contribution >= 0.6 is 11.8 Å². The molecule has 0 saturated carbocycles. The minimum Gasteiger partial charge on any atom is -0.339 e. The average Bonchev–Trinajstić information content (AvgIpc) is 3.21. The van der Waals surface area contributed by atoms with Crippen molar-refractivity contribution in [1.29, 1.82) is 0 Å². The van der Waals surface area contributed by atoms with Crippen molar-refractivity contribution in [3.05, 3.63) is 60.4 Å². The molecular weight excluding hydrogens is 394 g/mol. The standard InChI is InChI=1S/C23H27N5OS/c1-2-20-10-6-7-15-27(20)21(29)17-30-23-26-25-22(19-11-13-24-14-12-19)28(23)16-18-8-4-3-5-9-18/h3-5,8-9,11-14,20H,2,6-7,10,15-17H2,1H3/t20-/m1/s1. The van der Waals surface area contributed by atoms with Gasteiger partial charge in [-0.25, -0.2) is 0 Å². The van der Waals surface area contributed by atoms with Gasteiger partial charge in [-0.15, -0.1) is 10.2 Å². The Morgan fingerprint density at radius 3 is 2.67 bits per heavy atom. The van der Waals surface area contributed by atoms with Crippen molar-refractivity contribution in [2.75, 3.05) is 12.3 Å². The molecule has 1 aliphatic rings. The normalized spacial score (nSPS) is 16.6. The van der Waals surface area contributed by atoms with Gasteiger partial charge in [0, 0.05) is 30.5 Å². The Balaban J connectivity index is 1.55. The number of nitrogens with zero attached hydrogens (tertiary/aromatic N) is 5. The van der Waals surface area contributed by atoms with E-state index < -0.39 is 0 Å². The molecule has 156 valence electrons. The number of rotatable bonds is 7. The summed E-state index contributed by atoms with van der Waals surface area (Å²) < 4.78 is 2.09. The fraction of sp³-hybridized carbons (Fsp3) is 0.391. The summed E-state index contributed by atoms with van der Waals surface area (Å²) in [5.41, 5.74) is 2.14. The first-order valence-corrected chi connectivity index (χ1v) is 11.5. The molecule has 0 N–H and O–H groups in total. The lowest BCUT2D eigenvalue weighted by molar-refractivity contribution is -0.132. The van der Waals surface area contributed by atoms with Crippen molar-refractivity contribution >= 4 is 17.7 Å². The smallest absolute Gasteiger partial charge is 0.233 e. The molecule has 0 radical (unpaired) electrons. The van der Waals surface area contributed by atoms with Crippen LogP contribution in [0.2, 0.25) is 0 Å². The highest BCUT2D eigenvalue weighted by molar-refractivity contribution is 7.99. The molecule has 3 heterocycles. The number of carbonyl (C=O) groups excluding carboxylic acids is 1. The zero-order chi connectivity index (χ0) is 20.8. The minimum atomic E-state index is 0.200. The number of amides is 1. The van der Waals surface area contributed by atoms with Gasteiger partial charge in [0.05, 0.1) is 12.3 Å². The molecule has 1 fully saturated rings. The number of aromatic nitrogens is 4. The van der Waals surface area contributed by atoms with Crippen molar-refractivity contribution < 1.29 is 4.79 Å². The van der Waals surface area contributed by atoms with Gasteiger partial charge in [-0.05, 0) is 43.4 Å². The van der Waals surface area contributed by atoms with E-state index in [1.165, 1.54) is 23.7 Å². The van der Waals surface area contributed by atoms with Crippen molar-refractivity contribution in [2.24, 2.45) is 0 Å². The van der Waals surface area contributed by atoms with Crippen molar-refractivity contribution in [2.45, 2.75) is 50.4 Å². The van der Waals surface area contributed by atoms with E-state index in [4.69, 9.17) is 0 Å². The van der Waals surface area contributed by atoms with Gasteiger partial charge >= 0.3 is 0 Å². The van der Waals surface area contributed by atoms with Crippen LogP contribution in [0.3, 0.4) is 0 Å². The first-order chi connectivity index (χ1) is 14.8. The van der Waals surface area contributed by atoms with E-state index in [0.29, 0.717) is 18.3 Å². The summed E-state index contributed by atoms with van der Waals surface area (Å²) in [5.74, 6) is 1.38. The summed E-state index contributed by atoms with van der Waals surface area (Å²) in [5, 5.41) is 9.64. The van der Waals surface area contributed by atoms with E-state index in [1.54, 1.807) is 12.4 Å². The van der Waals surface area contributed by atoms with E-state index in [0.717, 1.165) is 42.4 Å². The second kappa shape index (κ2) is 9.89. The Hall–Kier alpha value is -2.67. The molecule has 1 atom stereocenters.